The maximum absolute atomic E-state index is 12.9. The van der Waals surface area contributed by atoms with Crippen LogP contribution in [0.25, 0.3) is 10.2 Å². The minimum atomic E-state index is -0.110. The van der Waals surface area contributed by atoms with E-state index in [0.717, 1.165) is 29.6 Å². The number of thiazole rings is 1. The van der Waals surface area contributed by atoms with Crippen molar-refractivity contribution in [2.24, 2.45) is 0 Å². The lowest BCUT2D eigenvalue weighted by atomic mass is 10.1. The zero-order chi connectivity index (χ0) is 17.9. The first-order valence-electron chi connectivity index (χ1n) is 8.38. The molecule has 0 unspecified atom stereocenters. The number of carbonyl (C=O) groups excluding carboxylic acids is 1. The van der Waals surface area contributed by atoms with Gasteiger partial charge in [-0.1, -0.05) is 0 Å². The number of rotatable bonds is 4. The number of aromatic nitrogens is 3. The highest BCUT2D eigenvalue weighted by atomic mass is 32.1. The Kier molecular flexibility index (Phi) is 4.66. The predicted molar refractivity (Wildman–Crippen MR) is 97.8 cm³/mol. The molecule has 0 N–H and O–H groups in total. The molecule has 1 amide bonds. The number of fused-ring (bicyclic) bond motifs is 1. The summed E-state index contributed by atoms with van der Waals surface area (Å²) in [7, 11) is 1.54. The Bertz CT molecular complexity index is 929. The summed E-state index contributed by atoms with van der Waals surface area (Å²) in [6.07, 6.45) is 4.73. The van der Waals surface area contributed by atoms with Gasteiger partial charge in [-0.3, -0.25) is 9.78 Å². The van der Waals surface area contributed by atoms with Gasteiger partial charge in [0.2, 0.25) is 11.8 Å². The van der Waals surface area contributed by atoms with E-state index in [9.17, 15) is 4.79 Å². The molecular weight excluding hydrogens is 352 g/mol. The number of likely N-dealkylation sites (tertiary alicyclic amines) is 1. The van der Waals surface area contributed by atoms with Crippen LogP contribution in [0, 0.1) is 0 Å². The molecule has 1 fully saturated rings. The van der Waals surface area contributed by atoms with Crippen LogP contribution in [0.2, 0.25) is 0 Å². The first-order chi connectivity index (χ1) is 12.7. The molecule has 1 saturated heterocycles. The monoisotopic (exact) mass is 370 g/mol. The summed E-state index contributed by atoms with van der Waals surface area (Å²) in [5.74, 6) is 0.837. The van der Waals surface area contributed by atoms with Crippen molar-refractivity contribution in [2.75, 3.05) is 20.2 Å². The Morgan fingerprint density at radius 2 is 2.19 bits per heavy atom. The van der Waals surface area contributed by atoms with Crippen LogP contribution in [-0.4, -0.2) is 52.1 Å². The lowest BCUT2D eigenvalue weighted by Gasteiger charge is -2.32. The average Bonchev–Trinajstić information content (AvgIpc) is 3.15. The molecule has 134 valence electrons. The van der Waals surface area contributed by atoms with Gasteiger partial charge in [0.05, 0.1) is 41.8 Å². The minimum absolute atomic E-state index is 0.0188. The van der Waals surface area contributed by atoms with Crippen LogP contribution in [0.3, 0.4) is 0 Å². The Morgan fingerprint density at radius 3 is 3.08 bits per heavy atom. The van der Waals surface area contributed by atoms with E-state index in [-0.39, 0.29) is 12.0 Å². The van der Waals surface area contributed by atoms with E-state index in [1.165, 1.54) is 24.6 Å². The molecule has 8 heteroatoms. The third-order valence-electron chi connectivity index (χ3n) is 4.33. The Hall–Kier alpha value is -2.74. The SMILES string of the molecule is COc1cncc(O[C@H]2CCCN(C(=O)c3ccc4ncsc4c3)C2)n1. The number of ether oxygens (including phenoxy) is 2. The Morgan fingerprint density at radius 1 is 1.31 bits per heavy atom. The molecule has 0 bridgehead atoms. The van der Waals surface area contributed by atoms with Gasteiger partial charge in [-0.15, -0.1) is 11.3 Å². The number of hydrogen-bond acceptors (Lipinski definition) is 7. The fourth-order valence-corrected chi connectivity index (χ4v) is 3.76. The van der Waals surface area contributed by atoms with Crippen molar-refractivity contribution in [3.8, 4) is 11.8 Å². The standard InChI is InChI=1S/C18H18N4O3S/c1-24-16-8-19-9-17(21-16)25-13-3-2-6-22(10-13)18(23)12-4-5-14-15(7-12)26-11-20-14/h4-5,7-9,11,13H,2-3,6,10H2,1H3/t13-/m0/s1. The summed E-state index contributed by atoms with van der Waals surface area (Å²) in [5.41, 5.74) is 3.39. The zero-order valence-electron chi connectivity index (χ0n) is 14.3. The third-order valence-corrected chi connectivity index (χ3v) is 5.12. The van der Waals surface area contributed by atoms with Crippen LogP contribution in [0.1, 0.15) is 23.2 Å². The highest BCUT2D eigenvalue weighted by molar-refractivity contribution is 7.16. The second-order valence-electron chi connectivity index (χ2n) is 6.07. The van der Waals surface area contributed by atoms with Gasteiger partial charge in [0.1, 0.15) is 6.10 Å². The first-order valence-corrected chi connectivity index (χ1v) is 9.26. The van der Waals surface area contributed by atoms with Crippen molar-refractivity contribution in [1.29, 1.82) is 0 Å². The van der Waals surface area contributed by atoms with Crippen LogP contribution in [0.5, 0.6) is 11.8 Å². The number of piperidine rings is 1. The van der Waals surface area contributed by atoms with Gasteiger partial charge < -0.3 is 14.4 Å². The summed E-state index contributed by atoms with van der Waals surface area (Å²) in [4.78, 5) is 27.2. The molecule has 1 aliphatic heterocycles. The second-order valence-corrected chi connectivity index (χ2v) is 6.95. The molecule has 0 saturated carbocycles. The molecule has 1 atom stereocenters. The van der Waals surface area contributed by atoms with E-state index in [4.69, 9.17) is 9.47 Å². The van der Waals surface area contributed by atoms with Crippen molar-refractivity contribution < 1.29 is 14.3 Å². The van der Waals surface area contributed by atoms with Crippen molar-refractivity contribution >= 4 is 27.5 Å². The molecule has 0 radical (unpaired) electrons. The van der Waals surface area contributed by atoms with Crippen LogP contribution in [-0.2, 0) is 0 Å². The lowest BCUT2D eigenvalue weighted by Crippen LogP contribution is -2.44. The van der Waals surface area contributed by atoms with Crippen molar-refractivity contribution in [2.45, 2.75) is 18.9 Å². The maximum atomic E-state index is 12.9. The number of methoxy groups -OCH3 is 1. The van der Waals surface area contributed by atoms with E-state index in [0.29, 0.717) is 23.9 Å². The molecule has 26 heavy (non-hydrogen) atoms. The Labute approximate surface area is 154 Å². The molecule has 3 aromatic rings. The lowest BCUT2D eigenvalue weighted by molar-refractivity contribution is 0.0525. The van der Waals surface area contributed by atoms with Gasteiger partial charge in [-0.25, -0.2) is 4.98 Å². The third kappa shape index (κ3) is 3.45. The van der Waals surface area contributed by atoms with E-state index in [2.05, 4.69) is 15.0 Å². The summed E-state index contributed by atoms with van der Waals surface area (Å²) < 4.78 is 12.0. The fourth-order valence-electron chi connectivity index (χ4n) is 3.05. The predicted octanol–water partition coefficient (Wildman–Crippen LogP) is 2.78. The molecule has 3 heterocycles. The number of amides is 1. The number of benzene rings is 1. The van der Waals surface area contributed by atoms with E-state index in [1.54, 1.807) is 11.7 Å². The van der Waals surface area contributed by atoms with E-state index in [1.807, 2.05) is 23.1 Å². The number of hydrogen-bond donors (Lipinski definition) is 0. The van der Waals surface area contributed by atoms with Gasteiger partial charge >= 0.3 is 0 Å². The largest absolute Gasteiger partial charge is 0.480 e. The molecule has 0 spiro atoms. The quantitative estimate of drug-likeness (QED) is 0.703. The Balaban J connectivity index is 1.46. The fraction of sp³-hybridized carbons (Fsp3) is 0.333. The smallest absolute Gasteiger partial charge is 0.254 e. The number of nitrogens with zero attached hydrogens (tertiary/aromatic N) is 4. The second kappa shape index (κ2) is 7.25. The van der Waals surface area contributed by atoms with E-state index < -0.39 is 0 Å². The van der Waals surface area contributed by atoms with Crippen molar-refractivity contribution in [3.63, 3.8) is 0 Å². The normalized spacial score (nSPS) is 17.3. The molecule has 2 aromatic heterocycles. The topological polar surface area (TPSA) is 77.4 Å². The highest BCUT2D eigenvalue weighted by Gasteiger charge is 2.26. The van der Waals surface area contributed by atoms with Crippen LogP contribution < -0.4 is 9.47 Å². The molecule has 1 aromatic carbocycles. The van der Waals surface area contributed by atoms with Crippen LogP contribution in [0.15, 0.2) is 36.1 Å². The minimum Gasteiger partial charge on any atom is -0.480 e. The summed E-state index contributed by atoms with van der Waals surface area (Å²) in [6.45, 7) is 1.25. The van der Waals surface area contributed by atoms with Crippen LogP contribution >= 0.6 is 11.3 Å². The van der Waals surface area contributed by atoms with Crippen LogP contribution in [0.4, 0.5) is 0 Å². The average molecular weight is 370 g/mol. The van der Waals surface area contributed by atoms with E-state index >= 15 is 0 Å². The molecule has 1 aliphatic rings. The summed E-state index contributed by atoms with van der Waals surface area (Å²) >= 11 is 1.54. The highest BCUT2D eigenvalue weighted by Crippen LogP contribution is 2.23. The molecular formula is C18H18N4O3S. The van der Waals surface area contributed by atoms with Crippen molar-refractivity contribution in [3.05, 3.63) is 41.7 Å². The van der Waals surface area contributed by atoms with Gasteiger partial charge in [-0.2, -0.15) is 4.98 Å². The van der Waals surface area contributed by atoms with Gasteiger partial charge in [-0.05, 0) is 31.0 Å². The van der Waals surface area contributed by atoms with Crippen molar-refractivity contribution in [1.82, 2.24) is 19.9 Å². The summed E-state index contributed by atoms with van der Waals surface area (Å²) in [6, 6.07) is 5.64. The first kappa shape index (κ1) is 16.7. The molecule has 0 aliphatic carbocycles. The molecule has 7 nitrogen and oxygen atoms in total. The maximum Gasteiger partial charge on any atom is 0.254 e. The number of carbonyl (C=O) groups is 1. The zero-order valence-corrected chi connectivity index (χ0v) is 15.1. The summed E-state index contributed by atoms with van der Waals surface area (Å²) in [5, 5.41) is 0. The van der Waals surface area contributed by atoms with Gasteiger partial charge in [0.15, 0.2) is 0 Å². The van der Waals surface area contributed by atoms with Gasteiger partial charge in [0, 0.05) is 12.1 Å². The molecule has 4 rings (SSSR count). The van der Waals surface area contributed by atoms with Gasteiger partial charge in [0.25, 0.3) is 5.91 Å².